The van der Waals surface area contributed by atoms with Gasteiger partial charge in [0.05, 0.1) is 21.7 Å². The monoisotopic (exact) mass is 459 g/mol. The van der Waals surface area contributed by atoms with Crippen LogP contribution in [0.2, 0.25) is 0 Å². The number of aryl methyl sites for hydroxylation is 1. The van der Waals surface area contributed by atoms with Gasteiger partial charge in [0.2, 0.25) is 5.91 Å². The summed E-state index contributed by atoms with van der Waals surface area (Å²) in [5, 5.41) is 11.1. The van der Waals surface area contributed by atoms with Crippen molar-refractivity contribution in [2.45, 2.75) is 31.7 Å². The SMILES string of the molecule is CCOC(=O)Cn1c(=NC(=O)CCSc2ccc(C)cc2)sc2ccc([N+](=O)[O-])cc21. The van der Waals surface area contributed by atoms with Crippen LogP contribution in [-0.4, -0.2) is 33.7 Å². The number of hydrogen-bond acceptors (Lipinski definition) is 7. The molecule has 0 N–H and O–H groups in total. The molecule has 0 spiro atoms. The van der Waals surface area contributed by atoms with E-state index in [1.54, 1.807) is 24.8 Å². The highest BCUT2D eigenvalue weighted by molar-refractivity contribution is 7.99. The summed E-state index contributed by atoms with van der Waals surface area (Å²) < 4.78 is 7.19. The van der Waals surface area contributed by atoms with E-state index in [-0.39, 0.29) is 31.2 Å². The van der Waals surface area contributed by atoms with Gasteiger partial charge in [-0.25, -0.2) is 0 Å². The van der Waals surface area contributed by atoms with Crippen LogP contribution >= 0.6 is 23.1 Å². The molecule has 0 aliphatic heterocycles. The average Bonchev–Trinajstić information content (AvgIpc) is 3.05. The van der Waals surface area contributed by atoms with Crippen molar-refractivity contribution in [1.82, 2.24) is 4.57 Å². The largest absolute Gasteiger partial charge is 0.465 e. The zero-order valence-electron chi connectivity index (χ0n) is 17.1. The second kappa shape index (κ2) is 10.4. The number of ether oxygens (including phenoxy) is 1. The molecule has 0 fully saturated rings. The Morgan fingerprint density at radius 1 is 1.23 bits per heavy atom. The third-order valence-corrected chi connectivity index (χ3v) is 6.37. The number of rotatable bonds is 8. The lowest BCUT2D eigenvalue weighted by Crippen LogP contribution is -2.23. The van der Waals surface area contributed by atoms with E-state index < -0.39 is 10.9 Å². The van der Waals surface area contributed by atoms with Crippen LogP contribution in [0.5, 0.6) is 0 Å². The van der Waals surface area contributed by atoms with Gasteiger partial charge in [-0.15, -0.1) is 11.8 Å². The van der Waals surface area contributed by atoms with E-state index in [2.05, 4.69) is 4.99 Å². The van der Waals surface area contributed by atoms with Crippen LogP contribution in [0.15, 0.2) is 52.4 Å². The maximum absolute atomic E-state index is 12.5. The van der Waals surface area contributed by atoms with Gasteiger partial charge in [-0.2, -0.15) is 4.99 Å². The quantitative estimate of drug-likeness (QED) is 0.217. The molecule has 0 aliphatic rings. The van der Waals surface area contributed by atoms with Crippen molar-refractivity contribution >= 4 is 50.9 Å². The van der Waals surface area contributed by atoms with Gasteiger partial charge < -0.3 is 9.30 Å². The van der Waals surface area contributed by atoms with Gasteiger partial charge in [-0.3, -0.25) is 19.7 Å². The molecule has 31 heavy (non-hydrogen) atoms. The van der Waals surface area contributed by atoms with Gasteiger partial charge in [-0.05, 0) is 32.0 Å². The lowest BCUT2D eigenvalue weighted by Gasteiger charge is -2.05. The first-order valence-corrected chi connectivity index (χ1v) is 11.4. The van der Waals surface area contributed by atoms with E-state index in [4.69, 9.17) is 4.74 Å². The van der Waals surface area contributed by atoms with E-state index in [0.29, 0.717) is 20.8 Å². The second-order valence-electron chi connectivity index (χ2n) is 6.60. The number of thiazole rings is 1. The first-order valence-electron chi connectivity index (χ1n) is 9.58. The highest BCUT2D eigenvalue weighted by Gasteiger charge is 2.15. The molecule has 0 saturated carbocycles. The number of esters is 1. The fourth-order valence-electron chi connectivity index (χ4n) is 2.80. The van der Waals surface area contributed by atoms with Gasteiger partial charge in [0.1, 0.15) is 6.54 Å². The Labute approximate surface area is 186 Å². The average molecular weight is 460 g/mol. The fourth-order valence-corrected chi connectivity index (χ4v) is 4.67. The zero-order chi connectivity index (χ0) is 22.4. The van der Waals surface area contributed by atoms with Crippen LogP contribution in [0.1, 0.15) is 18.9 Å². The molecule has 2 aromatic carbocycles. The van der Waals surface area contributed by atoms with Crippen LogP contribution in [0.4, 0.5) is 5.69 Å². The van der Waals surface area contributed by atoms with Crippen LogP contribution < -0.4 is 4.80 Å². The molecule has 0 radical (unpaired) electrons. The number of nitro groups is 1. The van der Waals surface area contributed by atoms with Gasteiger partial charge in [0.15, 0.2) is 4.80 Å². The number of fused-ring (bicyclic) bond motifs is 1. The molecule has 0 atom stereocenters. The summed E-state index contributed by atoms with van der Waals surface area (Å²) >= 11 is 2.77. The van der Waals surface area contributed by atoms with Crippen LogP contribution in [-0.2, 0) is 20.9 Å². The van der Waals surface area contributed by atoms with E-state index in [0.717, 1.165) is 4.90 Å². The van der Waals surface area contributed by atoms with Crippen LogP contribution in [0.3, 0.4) is 0 Å². The van der Waals surface area contributed by atoms with Gasteiger partial charge >= 0.3 is 5.97 Å². The Hall–Kier alpha value is -2.98. The van der Waals surface area contributed by atoms with Crippen molar-refractivity contribution in [3.63, 3.8) is 0 Å². The van der Waals surface area contributed by atoms with E-state index in [1.807, 2.05) is 31.2 Å². The molecule has 8 nitrogen and oxygen atoms in total. The topological polar surface area (TPSA) is 104 Å². The number of nitrogens with zero attached hydrogens (tertiary/aromatic N) is 3. The van der Waals surface area contributed by atoms with Crippen molar-refractivity contribution in [2.24, 2.45) is 4.99 Å². The minimum Gasteiger partial charge on any atom is -0.465 e. The number of nitro benzene ring substituents is 1. The number of non-ortho nitro benzene ring substituents is 1. The lowest BCUT2D eigenvalue weighted by molar-refractivity contribution is -0.384. The van der Waals surface area contributed by atoms with Crippen LogP contribution in [0.25, 0.3) is 10.2 Å². The van der Waals surface area contributed by atoms with Crippen molar-refractivity contribution in [3.8, 4) is 0 Å². The second-order valence-corrected chi connectivity index (χ2v) is 8.78. The molecule has 0 bridgehead atoms. The smallest absolute Gasteiger partial charge is 0.326 e. The molecule has 3 aromatic rings. The van der Waals surface area contributed by atoms with Crippen molar-refractivity contribution < 1.29 is 19.2 Å². The summed E-state index contributed by atoms with van der Waals surface area (Å²) in [6.45, 7) is 3.74. The molecular weight excluding hydrogens is 438 g/mol. The predicted molar refractivity (Wildman–Crippen MR) is 120 cm³/mol. The third kappa shape index (κ3) is 6.02. The zero-order valence-corrected chi connectivity index (χ0v) is 18.7. The number of aromatic nitrogens is 1. The first kappa shape index (κ1) is 22.7. The molecule has 1 amide bonds. The Kier molecular flexibility index (Phi) is 7.59. The number of benzene rings is 2. The molecule has 0 unspecified atom stereocenters. The molecule has 3 rings (SSSR count). The first-order chi connectivity index (χ1) is 14.9. The minimum atomic E-state index is -0.504. The van der Waals surface area contributed by atoms with E-state index >= 15 is 0 Å². The Bertz CT molecular complexity index is 1180. The van der Waals surface area contributed by atoms with Crippen molar-refractivity contribution in [3.05, 3.63) is 62.9 Å². The van der Waals surface area contributed by atoms with Gasteiger partial charge in [-0.1, -0.05) is 29.0 Å². The van der Waals surface area contributed by atoms with E-state index in [1.165, 1.54) is 33.6 Å². The summed E-state index contributed by atoms with van der Waals surface area (Å²) in [7, 11) is 0. The van der Waals surface area contributed by atoms with E-state index in [9.17, 15) is 19.7 Å². The fraction of sp³-hybridized carbons (Fsp3) is 0.286. The number of carbonyl (C=O) groups is 2. The molecule has 10 heteroatoms. The van der Waals surface area contributed by atoms with Gasteiger partial charge in [0, 0.05) is 29.2 Å². The normalized spacial score (nSPS) is 11.6. The predicted octanol–water partition coefficient (Wildman–Crippen LogP) is 4.09. The summed E-state index contributed by atoms with van der Waals surface area (Å²) in [6, 6.07) is 12.4. The van der Waals surface area contributed by atoms with Crippen molar-refractivity contribution in [1.29, 1.82) is 0 Å². The highest BCUT2D eigenvalue weighted by Crippen LogP contribution is 2.23. The Morgan fingerprint density at radius 2 is 1.97 bits per heavy atom. The third-order valence-electron chi connectivity index (χ3n) is 4.29. The summed E-state index contributed by atoms with van der Waals surface area (Å²) in [5.41, 5.74) is 1.54. The Morgan fingerprint density at radius 3 is 2.65 bits per heavy atom. The van der Waals surface area contributed by atoms with Crippen molar-refractivity contribution in [2.75, 3.05) is 12.4 Å². The number of amides is 1. The van der Waals surface area contributed by atoms with Gasteiger partial charge in [0.25, 0.3) is 5.69 Å². The molecule has 162 valence electrons. The standard InChI is InChI=1S/C21H21N3O5S2/c1-3-29-20(26)13-23-17-12-15(24(27)28)6-9-18(17)31-21(23)22-19(25)10-11-30-16-7-4-14(2)5-8-16/h4-9,12H,3,10-11,13H2,1-2H3. The maximum atomic E-state index is 12.5. The molecule has 1 aromatic heterocycles. The Balaban J connectivity index is 1.84. The molecular formula is C21H21N3O5S2. The molecule has 0 saturated heterocycles. The molecule has 0 aliphatic carbocycles. The number of thioether (sulfide) groups is 1. The highest BCUT2D eigenvalue weighted by atomic mass is 32.2. The number of carbonyl (C=O) groups excluding carboxylic acids is 2. The minimum absolute atomic E-state index is 0.102. The lowest BCUT2D eigenvalue weighted by atomic mass is 10.2. The summed E-state index contributed by atoms with van der Waals surface area (Å²) in [5.74, 6) is -0.254. The number of hydrogen-bond donors (Lipinski definition) is 0. The van der Waals surface area contributed by atoms with Crippen LogP contribution in [0, 0.1) is 17.0 Å². The summed E-state index contributed by atoms with van der Waals surface area (Å²) in [6.07, 6.45) is 0.229. The maximum Gasteiger partial charge on any atom is 0.326 e. The molecule has 1 heterocycles. The summed E-state index contributed by atoms with van der Waals surface area (Å²) in [4.78, 5) is 40.7.